The van der Waals surface area contributed by atoms with E-state index in [0.29, 0.717) is 23.1 Å². The molecule has 0 fully saturated rings. The van der Waals surface area contributed by atoms with Gasteiger partial charge in [0.05, 0.1) is 5.69 Å². The number of carbonyl (C=O) groups excluding carboxylic acids is 1. The van der Waals surface area contributed by atoms with Gasteiger partial charge in [-0.15, -0.1) is 11.3 Å². The number of hydrogen-bond acceptors (Lipinski definition) is 8. The minimum atomic E-state index is -2.03. The third kappa shape index (κ3) is 5.67. The van der Waals surface area contributed by atoms with Gasteiger partial charge in [0.25, 0.3) is 0 Å². The Hall–Kier alpha value is -0.980. The fraction of sp³-hybridized carbons (Fsp3) is 0.500. The molecule has 2 N–H and O–H groups in total. The lowest BCUT2D eigenvalue weighted by atomic mass is 10.5. The number of nitrogens with two attached hydrogens (primary N) is 1. The summed E-state index contributed by atoms with van der Waals surface area (Å²) in [6.45, 7) is 3.99. The van der Waals surface area contributed by atoms with Crippen LogP contribution in [0.5, 0.6) is 0 Å². The smallest absolute Gasteiger partial charge is 0.356 e. The Balaban J connectivity index is 2.36. The van der Waals surface area contributed by atoms with Crippen molar-refractivity contribution in [3.05, 3.63) is 11.1 Å². The van der Waals surface area contributed by atoms with E-state index in [-0.39, 0.29) is 6.61 Å². The van der Waals surface area contributed by atoms with E-state index in [9.17, 15) is 4.79 Å². The molecule has 0 radical (unpaired) electrons. The first-order chi connectivity index (χ1) is 8.99. The van der Waals surface area contributed by atoms with Crippen molar-refractivity contribution in [1.29, 1.82) is 0 Å². The first kappa shape index (κ1) is 16.1. The van der Waals surface area contributed by atoms with Gasteiger partial charge < -0.3 is 15.1 Å². The Kier molecular flexibility index (Phi) is 6.41. The van der Waals surface area contributed by atoms with Gasteiger partial charge in [0.15, 0.2) is 18.0 Å². The number of thiazole rings is 1. The summed E-state index contributed by atoms with van der Waals surface area (Å²) in [5.41, 5.74) is 6.13. The number of rotatable bonds is 7. The molecule has 1 aromatic heterocycles. The van der Waals surface area contributed by atoms with Crippen LogP contribution in [0.4, 0.5) is 5.13 Å². The average molecular weight is 321 g/mol. The van der Waals surface area contributed by atoms with E-state index in [2.05, 4.69) is 10.1 Å². The van der Waals surface area contributed by atoms with Crippen LogP contribution in [0.15, 0.2) is 10.5 Å². The molecule has 1 rings (SSSR count). The van der Waals surface area contributed by atoms with Gasteiger partial charge in [-0.2, -0.15) is 0 Å². The van der Waals surface area contributed by atoms with Crippen molar-refractivity contribution in [3.8, 4) is 0 Å². The summed E-state index contributed by atoms with van der Waals surface area (Å²) in [5, 5.41) is 5.75. The molecule has 0 bridgehead atoms. The number of aromatic nitrogens is 1. The quantitative estimate of drug-likeness (QED) is 0.471. The summed E-state index contributed by atoms with van der Waals surface area (Å²) in [6.07, 6.45) is 0.313. The van der Waals surface area contributed by atoms with Crippen LogP contribution >= 0.6 is 17.6 Å². The molecule has 1 aromatic rings. The highest BCUT2D eigenvalue weighted by Gasteiger charge is 2.16. The Bertz CT molecular complexity index is 496. The third-order valence-electron chi connectivity index (χ3n) is 2.23. The number of carbonyl (C=O) groups is 1. The van der Waals surface area contributed by atoms with E-state index < -0.39 is 12.2 Å². The van der Waals surface area contributed by atoms with Crippen LogP contribution in [0.3, 0.4) is 0 Å². The summed E-state index contributed by atoms with van der Waals surface area (Å²) in [6, 6.07) is 0. The van der Waals surface area contributed by atoms with Gasteiger partial charge in [-0.05, 0) is 0 Å². The van der Waals surface area contributed by atoms with Crippen LogP contribution in [0.2, 0.25) is 0 Å². The van der Waals surface area contributed by atoms with E-state index >= 15 is 0 Å². The second-order valence-corrected chi connectivity index (χ2v) is 9.50. The van der Waals surface area contributed by atoms with E-state index in [0.717, 1.165) is 6.21 Å². The topological polar surface area (TPSA) is 86.8 Å². The second kappa shape index (κ2) is 7.57. The molecule has 0 aliphatic carbocycles. The van der Waals surface area contributed by atoms with Crippen LogP contribution < -0.4 is 5.73 Å². The molecule has 1 heterocycles. The molecule has 0 amide bonds. The molecular weight excluding hydrogens is 305 g/mol. The molecule has 0 saturated heterocycles. The van der Waals surface area contributed by atoms with E-state index in [1.807, 2.05) is 13.8 Å². The van der Waals surface area contributed by atoms with E-state index in [1.165, 1.54) is 11.3 Å². The van der Waals surface area contributed by atoms with Gasteiger partial charge in [0, 0.05) is 17.7 Å². The van der Waals surface area contributed by atoms with Gasteiger partial charge >= 0.3 is 5.97 Å². The molecule has 0 spiro atoms. The number of oxime groups is 1. The normalized spacial score (nSPS) is 11.7. The zero-order valence-electron chi connectivity index (χ0n) is 10.7. The maximum atomic E-state index is 11.5. The fourth-order valence-corrected chi connectivity index (χ4v) is 2.96. The van der Waals surface area contributed by atoms with Gasteiger partial charge in [-0.25, -0.2) is 9.78 Å². The Morgan fingerprint density at radius 1 is 1.63 bits per heavy atom. The Morgan fingerprint density at radius 2 is 2.32 bits per heavy atom. The zero-order chi connectivity index (χ0) is 14.3. The Labute approximate surface area is 121 Å². The maximum Gasteiger partial charge on any atom is 0.356 e. The number of hydrogen-bond donors (Lipinski definition) is 1. The van der Waals surface area contributed by atoms with Crippen molar-refractivity contribution in [2.45, 2.75) is 20.5 Å². The van der Waals surface area contributed by atoms with Crippen molar-refractivity contribution < 1.29 is 14.2 Å². The third-order valence-corrected chi connectivity index (χ3v) is 7.17. The molecule has 9 heteroatoms. The van der Waals surface area contributed by atoms with Gasteiger partial charge in [0.2, 0.25) is 0 Å². The molecule has 19 heavy (non-hydrogen) atoms. The molecule has 6 nitrogen and oxygen atoms in total. The van der Waals surface area contributed by atoms with Crippen LogP contribution in [-0.4, -0.2) is 29.5 Å². The standard InChI is InChI=1S/C10H16N3O3PS2/c1-3-17(18,4-2)16-9(14)5-12-15-6-8-7-19-10(11)13-8/h5,7H,3-4,6H2,1-2H3,(H2,11,13)/b12-5-. The largest absolute Gasteiger partial charge is 0.433 e. The summed E-state index contributed by atoms with van der Waals surface area (Å²) in [4.78, 5) is 20.4. The monoisotopic (exact) mass is 321 g/mol. The van der Waals surface area contributed by atoms with Gasteiger partial charge in [-0.3, -0.25) is 0 Å². The highest BCUT2D eigenvalue weighted by Crippen LogP contribution is 2.46. The molecule has 0 aromatic carbocycles. The fourth-order valence-electron chi connectivity index (χ4n) is 1.11. The Morgan fingerprint density at radius 3 is 2.84 bits per heavy atom. The highest BCUT2D eigenvalue weighted by atomic mass is 32.4. The molecule has 0 aliphatic heterocycles. The van der Waals surface area contributed by atoms with Crippen molar-refractivity contribution in [2.24, 2.45) is 5.16 Å². The minimum absolute atomic E-state index is 0.160. The lowest BCUT2D eigenvalue weighted by Gasteiger charge is -2.16. The summed E-state index contributed by atoms with van der Waals surface area (Å²) in [5.74, 6) is -0.565. The number of nitrogen functional groups attached to an aromatic ring is 1. The minimum Gasteiger partial charge on any atom is -0.433 e. The molecule has 0 unspecified atom stereocenters. The maximum absolute atomic E-state index is 11.5. The molecular formula is C10H16N3O3PS2. The van der Waals surface area contributed by atoms with Gasteiger partial charge in [0.1, 0.15) is 6.26 Å². The zero-order valence-corrected chi connectivity index (χ0v) is 13.3. The van der Waals surface area contributed by atoms with Crippen molar-refractivity contribution in [3.63, 3.8) is 0 Å². The molecule has 0 aliphatic rings. The van der Waals surface area contributed by atoms with Crippen molar-refractivity contribution in [2.75, 3.05) is 18.1 Å². The lowest BCUT2D eigenvalue weighted by Crippen LogP contribution is -2.06. The molecule has 0 atom stereocenters. The number of anilines is 1. The van der Waals surface area contributed by atoms with E-state index in [4.69, 9.17) is 26.9 Å². The average Bonchev–Trinajstić information content (AvgIpc) is 2.80. The van der Waals surface area contributed by atoms with Crippen LogP contribution in [-0.2, 0) is 32.6 Å². The summed E-state index contributed by atoms with van der Waals surface area (Å²) < 4.78 is 5.22. The predicted octanol–water partition coefficient (Wildman–Crippen LogP) is 2.21. The predicted molar refractivity (Wildman–Crippen MR) is 81.3 cm³/mol. The van der Waals surface area contributed by atoms with Crippen molar-refractivity contribution >= 4 is 46.7 Å². The first-order valence-electron chi connectivity index (χ1n) is 5.66. The van der Waals surface area contributed by atoms with Crippen LogP contribution in [0.1, 0.15) is 19.5 Å². The second-order valence-electron chi connectivity index (χ2n) is 3.54. The molecule has 0 saturated carbocycles. The summed E-state index contributed by atoms with van der Waals surface area (Å²) in [7, 11) is 0. The van der Waals surface area contributed by atoms with Gasteiger partial charge in [-0.1, -0.05) is 30.8 Å². The molecule has 106 valence electrons. The van der Waals surface area contributed by atoms with Crippen LogP contribution in [0, 0.1) is 0 Å². The SMILES string of the molecule is CCP(=S)(CC)OC(=O)/C=N\OCc1csc(N)n1. The lowest BCUT2D eigenvalue weighted by molar-refractivity contribution is -0.126. The van der Waals surface area contributed by atoms with Crippen LogP contribution in [0.25, 0.3) is 0 Å². The van der Waals surface area contributed by atoms with E-state index in [1.54, 1.807) is 5.38 Å². The highest BCUT2D eigenvalue weighted by molar-refractivity contribution is 8.12. The summed E-state index contributed by atoms with van der Waals surface area (Å²) >= 11 is 6.60. The number of nitrogens with zero attached hydrogens (tertiary/aromatic N) is 2. The first-order valence-corrected chi connectivity index (χ1v) is 9.63. The van der Waals surface area contributed by atoms with Crippen molar-refractivity contribution in [1.82, 2.24) is 4.98 Å².